The van der Waals surface area contributed by atoms with E-state index in [0.717, 1.165) is 12.3 Å². The molecule has 0 amide bonds. The van der Waals surface area contributed by atoms with Gasteiger partial charge in [-0.05, 0) is 30.3 Å². The summed E-state index contributed by atoms with van der Waals surface area (Å²) in [5.41, 5.74) is 0.0237. The first-order chi connectivity index (χ1) is 8.88. The van der Waals surface area contributed by atoms with E-state index in [4.69, 9.17) is 22.2 Å². The first-order valence-corrected chi connectivity index (χ1v) is 6.99. The van der Waals surface area contributed by atoms with Gasteiger partial charge in [0.1, 0.15) is 0 Å². The van der Waals surface area contributed by atoms with Gasteiger partial charge in [-0.2, -0.15) is 4.73 Å². The lowest BCUT2D eigenvalue weighted by Gasteiger charge is -2.08. The molecule has 0 saturated carbocycles. The first kappa shape index (κ1) is 13.4. The van der Waals surface area contributed by atoms with Gasteiger partial charge in [0.25, 0.3) is 10.0 Å². The van der Waals surface area contributed by atoms with Crippen molar-refractivity contribution in [3.63, 3.8) is 0 Å². The van der Waals surface area contributed by atoms with Crippen LogP contribution in [0.5, 0.6) is 0 Å². The quantitative estimate of drug-likeness (QED) is 0.752. The molecule has 8 heteroatoms. The molecule has 1 heterocycles. The SMILES string of the molecule is N=c1cc(S(=O)(=O)Nc2ccc(Cl)cc2)ccn1O. The van der Waals surface area contributed by atoms with Crippen molar-refractivity contribution in [2.45, 2.75) is 4.90 Å². The van der Waals surface area contributed by atoms with Crippen molar-refractivity contribution in [2.75, 3.05) is 4.72 Å². The van der Waals surface area contributed by atoms with Crippen LogP contribution in [0.2, 0.25) is 5.02 Å². The van der Waals surface area contributed by atoms with Crippen molar-refractivity contribution < 1.29 is 13.6 Å². The van der Waals surface area contributed by atoms with Crippen molar-refractivity contribution in [1.82, 2.24) is 4.73 Å². The summed E-state index contributed by atoms with van der Waals surface area (Å²) in [6.45, 7) is 0. The van der Waals surface area contributed by atoms with Gasteiger partial charge in [0.15, 0.2) is 5.49 Å². The molecule has 3 N–H and O–H groups in total. The van der Waals surface area contributed by atoms with Crippen molar-refractivity contribution >= 4 is 27.3 Å². The second kappa shape index (κ2) is 4.94. The van der Waals surface area contributed by atoms with Crippen LogP contribution in [0.3, 0.4) is 0 Å². The largest absolute Gasteiger partial charge is 0.427 e. The Morgan fingerprint density at radius 3 is 2.42 bits per heavy atom. The molecule has 0 saturated heterocycles. The van der Waals surface area contributed by atoms with E-state index in [1.807, 2.05) is 0 Å². The molecule has 0 unspecified atom stereocenters. The monoisotopic (exact) mass is 299 g/mol. The Balaban J connectivity index is 2.34. The molecule has 100 valence electrons. The van der Waals surface area contributed by atoms with Gasteiger partial charge in [-0.1, -0.05) is 11.6 Å². The lowest BCUT2D eigenvalue weighted by molar-refractivity contribution is 0.169. The smallest absolute Gasteiger partial charge is 0.262 e. The highest BCUT2D eigenvalue weighted by atomic mass is 35.5. The summed E-state index contributed by atoms with van der Waals surface area (Å²) in [4.78, 5) is -0.113. The minimum Gasteiger partial charge on any atom is -0.427 e. The Bertz CT molecular complexity index is 754. The number of nitrogens with zero attached hydrogens (tertiary/aromatic N) is 1. The highest BCUT2D eigenvalue weighted by Crippen LogP contribution is 2.17. The maximum Gasteiger partial charge on any atom is 0.262 e. The molecule has 0 fully saturated rings. The molecular weight excluding hydrogens is 290 g/mol. The normalized spacial score (nSPS) is 11.2. The molecule has 0 spiro atoms. The summed E-state index contributed by atoms with van der Waals surface area (Å²) < 4.78 is 26.9. The Hall–Kier alpha value is -1.99. The molecule has 0 atom stereocenters. The first-order valence-electron chi connectivity index (χ1n) is 5.13. The zero-order chi connectivity index (χ0) is 14.0. The highest BCUT2D eigenvalue weighted by molar-refractivity contribution is 7.92. The Morgan fingerprint density at radius 2 is 1.84 bits per heavy atom. The predicted octanol–water partition coefficient (Wildman–Crippen LogP) is 1.66. The second-order valence-electron chi connectivity index (χ2n) is 3.70. The number of hydrogen-bond donors (Lipinski definition) is 3. The summed E-state index contributed by atoms with van der Waals surface area (Å²) >= 11 is 5.71. The van der Waals surface area contributed by atoms with Gasteiger partial charge >= 0.3 is 0 Å². The van der Waals surface area contributed by atoms with Crippen LogP contribution in [-0.2, 0) is 10.0 Å². The van der Waals surface area contributed by atoms with Crippen LogP contribution in [0.15, 0.2) is 47.5 Å². The summed E-state index contributed by atoms with van der Waals surface area (Å²) in [5.74, 6) is 0. The number of hydrogen-bond acceptors (Lipinski definition) is 4. The molecule has 19 heavy (non-hydrogen) atoms. The zero-order valence-electron chi connectivity index (χ0n) is 9.54. The maximum atomic E-state index is 12.0. The molecule has 0 bridgehead atoms. The number of nitrogens with one attached hydrogen (secondary N) is 2. The average Bonchev–Trinajstić information content (AvgIpc) is 2.35. The van der Waals surface area contributed by atoms with Crippen molar-refractivity contribution in [1.29, 1.82) is 5.41 Å². The van der Waals surface area contributed by atoms with Crippen LogP contribution in [0, 0.1) is 5.41 Å². The molecule has 1 aromatic carbocycles. The Morgan fingerprint density at radius 1 is 1.21 bits per heavy atom. The number of aromatic nitrogens is 1. The molecule has 1 aromatic heterocycles. The highest BCUT2D eigenvalue weighted by Gasteiger charge is 2.14. The number of benzene rings is 1. The average molecular weight is 300 g/mol. The lowest BCUT2D eigenvalue weighted by Crippen LogP contribution is -2.20. The second-order valence-corrected chi connectivity index (χ2v) is 5.82. The van der Waals surface area contributed by atoms with E-state index in [1.54, 1.807) is 12.1 Å². The van der Waals surface area contributed by atoms with Crippen molar-refractivity contribution in [3.8, 4) is 0 Å². The van der Waals surface area contributed by atoms with Gasteiger partial charge < -0.3 is 5.21 Å². The Labute approximate surface area is 114 Å². The van der Waals surface area contributed by atoms with Gasteiger partial charge in [-0.3, -0.25) is 10.1 Å². The topological polar surface area (TPSA) is 95.2 Å². The molecule has 0 aliphatic carbocycles. The third kappa shape index (κ3) is 3.07. The summed E-state index contributed by atoms with van der Waals surface area (Å²) in [6.07, 6.45) is 1.08. The van der Waals surface area contributed by atoms with Gasteiger partial charge in [0.05, 0.1) is 4.90 Å². The van der Waals surface area contributed by atoms with Crippen LogP contribution < -0.4 is 10.2 Å². The van der Waals surface area contributed by atoms with Crippen LogP contribution in [0.1, 0.15) is 0 Å². The summed E-state index contributed by atoms with van der Waals surface area (Å²) in [7, 11) is -3.80. The Kier molecular flexibility index (Phi) is 3.50. The molecule has 0 radical (unpaired) electrons. The van der Waals surface area contributed by atoms with Crippen LogP contribution in [-0.4, -0.2) is 18.4 Å². The van der Waals surface area contributed by atoms with Crippen molar-refractivity contribution in [3.05, 3.63) is 53.1 Å². The molecule has 2 aromatic rings. The molecular formula is C11H10ClN3O3S. The van der Waals surface area contributed by atoms with E-state index in [9.17, 15) is 8.42 Å². The van der Waals surface area contributed by atoms with E-state index in [1.165, 1.54) is 18.2 Å². The number of pyridine rings is 1. The summed E-state index contributed by atoms with van der Waals surface area (Å²) in [5, 5.41) is 17.0. The van der Waals surface area contributed by atoms with Gasteiger partial charge in [0.2, 0.25) is 0 Å². The van der Waals surface area contributed by atoms with Crippen LogP contribution >= 0.6 is 11.6 Å². The fourth-order valence-electron chi connectivity index (χ4n) is 1.37. The molecule has 2 rings (SSSR count). The fraction of sp³-hybridized carbons (Fsp3) is 0. The number of halogens is 1. The third-order valence-corrected chi connectivity index (χ3v) is 3.94. The van der Waals surface area contributed by atoms with E-state index < -0.39 is 10.0 Å². The van der Waals surface area contributed by atoms with Crippen LogP contribution in [0.4, 0.5) is 5.69 Å². The van der Waals surface area contributed by atoms with Crippen molar-refractivity contribution in [2.24, 2.45) is 0 Å². The standard InChI is InChI=1S/C11H10ClN3O3S/c12-8-1-3-9(4-2-8)14-19(17,18)10-5-6-15(16)11(13)7-10/h1-7,13-14,16H. The lowest BCUT2D eigenvalue weighted by atomic mass is 10.3. The van der Waals surface area contributed by atoms with E-state index in [-0.39, 0.29) is 10.4 Å². The molecule has 0 aliphatic rings. The van der Waals surface area contributed by atoms with E-state index in [2.05, 4.69) is 4.72 Å². The van der Waals surface area contributed by atoms with E-state index >= 15 is 0 Å². The zero-order valence-corrected chi connectivity index (χ0v) is 11.1. The number of rotatable bonds is 3. The van der Waals surface area contributed by atoms with Gasteiger partial charge in [-0.25, -0.2) is 8.42 Å². The minimum absolute atomic E-state index is 0.113. The van der Waals surface area contributed by atoms with Gasteiger partial charge in [-0.15, -0.1) is 0 Å². The number of sulfonamides is 1. The van der Waals surface area contributed by atoms with E-state index in [0.29, 0.717) is 15.4 Å². The minimum atomic E-state index is -3.80. The predicted molar refractivity (Wildman–Crippen MR) is 69.7 cm³/mol. The third-order valence-electron chi connectivity index (χ3n) is 2.31. The molecule has 6 nitrogen and oxygen atoms in total. The number of anilines is 1. The maximum absolute atomic E-state index is 12.0. The molecule has 0 aliphatic heterocycles. The fourth-order valence-corrected chi connectivity index (χ4v) is 2.57. The van der Waals surface area contributed by atoms with Crippen LogP contribution in [0.25, 0.3) is 0 Å². The summed E-state index contributed by atoms with van der Waals surface area (Å²) in [6, 6.07) is 8.39. The van der Waals surface area contributed by atoms with Gasteiger partial charge in [0, 0.05) is 23.0 Å².